The number of aliphatic hydroxyl groups is 1. The normalized spacial score (nSPS) is 13.3. The quantitative estimate of drug-likeness (QED) is 0.591. The first kappa shape index (κ1) is 8.30. The SMILES string of the molecule is C[C@H](CO)NCc1cc[nH]c1. The summed E-state index contributed by atoms with van der Waals surface area (Å²) in [4.78, 5) is 2.97. The number of nitrogens with one attached hydrogen (secondary N) is 2. The van der Waals surface area contributed by atoms with Crippen LogP contribution in [0.1, 0.15) is 12.5 Å². The van der Waals surface area contributed by atoms with E-state index in [0.29, 0.717) is 0 Å². The highest BCUT2D eigenvalue weighted by molar-refractivity contribution is 5.07. The highest BCUT2D eigenvalue weighted by Gasteiger charge is 1.97. The monoisotopic (exact) mass is 154 g/mol. The van der Waals surface area contributed by atoms with Gasteiger partial charge < -0.3 is 15.4 Å². The summed E-state index contributed by atoms with van der Waals surface area (Å²) in [6.07, 6.45) is 3.83. The van der Waals surface area contributed by atoms with Crippen molar-refractivity contribution < 1.29 is 5.11 Å². The third kappa shape index (κ3) is 2.74. The summed E-state index contributed by atoms with van der Waals surface area (Å²) >= 11 is 0. The van der Waals surface area contributed by atoms with E-state index in [4.69, 9.17) is 5.11 Å². The minimum Gasteiger partial charge on any atom is -0.395 e. The molecular weight excluding hydrogens is 140 g/mol. The van der Waals surface area contributed by atoms with Crippen LogP contribution in [0.4, 0.5) is 0 Å². The van der Waals surface area contributed by atoms with Gasteiger partial charge in [0.1, 0.15) is 0 Å². The van der Waals surface area contributed by atoms with Gasteiger partial charge in [-0.3, -0.25) is 0 Å². The van der Waals surface area contributed by atoms with Crippen LogP contribution in [0.25, 0.3) is 0 Å². The van der Waals surface area contributed by atoms with Crippen molar-refractivity contribution in [2.24, 2.45) is 0 Å². The van der Waals surface area contributed by atoms with E-state index in [0.717, 1.165) is 6.54 Å². The fourth-order valence-corrected chi connectivity index (χ4v) is 0.825. The predicted octanol–water partition coefficient (Wildman–Crippen LogP) is 0.485. The number of aromatic nitrogens is 1. The number of aliphatic hydroxyl groups excluding tert-OH is 1. The average Bonchev–Trinajstić information content (AvgIpc) is 2.52. The van der Waals surface area contributed by atoms with Crippen LogP contribution in [0.5, 0.6) is 0 Å². The molecule has 0 spiro atoms. The molecule has 1 heterocycles. The topological polar surface area (TPSA) is 48.0 Å². The van der Waals surface area contributed by atoms with Gasteiger partial charge in [0.15, 0.2) is 0 Å². The van der Waals surface area contributed by atoms with Gasteiger partial charge in [-0.25, -0.2) is 0 Å². The lowest BCUT2D eigenvalue weighted by atomic mass is 10.3. The maximum atomic E-state index is 8.69. The van der Waals surface area contributed by atoms with Gasteiger partial charge in [0.2, 0.25) is 0 Å². The second-order valence-corrected chi connectivity index (χ2v) is 2.68. The summed E-state index contributed by atoms with van der Waals surface area (Å²) in [7, 11) is 0. The molecule has 1 aromatic rings. The lowest BCUT2D eigenvalue weighted by molar-refractivity contribution is 0.251. The van der Waals surface area contributed by atoms with Crippen LogP contribution < -0.4 is 5.32 Å². The number of aromatic amines is 1. The zero-order valence-corrected chi connectivity index (χ0v) is 6.67. The van der Waals surface area contributed by atoms with E-state index in [-0.39, 0.29) is 12.6 Å². The van der Waals surface area contributed by atoms with Crippen LogP contribution in [0.15, 0.2) is 18.5 Å². The molecule has 62 valence electrons. The summed E-state index contributed by atoms with van der Waals surface area (Å²) in [5, 5.41) is 11.9. The van der Waals surface area contributed by atoms with Crippen molar-refractivity contribution >= 4 is 0 Å². The highest BCUT2D eigenvalue weighted by Crippen LogP contribution is 1.95. The maximum Gasteiger partial charge on any atom is 0.0582 e. The van der Waals surface area contributed by atoms with Gasteiger partial charge in [-0.1, -0.05) is 0 Å². The van der Waals surface area contributed by atoms with E-state index in [1.165, 1.54) is 5.56 Å². The van der Waals surface area contributed by atoms with Gasteiger partial charge >= 0.3 is 0 Å². The van der Waals surface area contributed by atoms with Crippen molar-refractivity contribution in [2.45, 2.75) is 19.5 Å². The van der Waals surface area contributed by atoms with E-state index in [2.05, 4.69) is 10.3 Å². The zero-order valence-electron chi connectivity index (χ0n) is 6.67. The van der Waals surface area contributed by atoms with Crippen LogP contribution in [-0.4, -0.2) is 22.7 Å². The first-order chi connectivity index (χ1) is 5.33. The van der Waals surface area contributed by atoms with Gasteiger partial charge in [0.05, 0.1) is 6.61 Å². The Labute approximate surface area is 66.4 Å². The fraction of sp³-hybridized carbons (Fsp3) is 0.500. The van der Waals surface area contributed by atoms with Crippen molar-refractivity contribution in [2.75, 3.05) is 6.61 Å². The fourth-order valence-electron chi connectivity index (χ4n) is 0.825. The molecule has 3 nitrogen and oxygen atoms in total. The van der Waals surface area contributed by atoms with E-state index < -0.39 is 0 Å². The van der Waals surface area contributed by atoms with Gasteiger partial charge in [0, 0.05) is 25.0 Å². The number of H-pyrrole nitrogens is 1. The summed E-state index contributed by atoms with van der Waals surface area (Å²) in [6, 6.07) is 2.18. The molecule has 0 bridgehead atoms. The zero-order chi connectivity index (χ0) is 8.10. The minimum atomic E-state index is 0.171. The van der Waals surface area contributed by atoms with Crippen molar-refractivity contribution in [3.05, 3.63) is 24.0 Å². The van der Waals surface area contributed by atoms with Gasteiger partial charge in [-0.15, -0.1) is 0 Å². The summed E-state index contributed by atoms with van der Waals surface area (Å²) in [5.41, 5.74) is 1.21. The van der Waals surface area contributed by atoms with Crippen LogP contribution in [0.2, 0.25) is 0 Å². The summed E-state index contributed by atoms with van der Waals surface area (Å²) in [6.45, 7) is 2.95. The highest BCUT2D eigenvalue weighted by atomic mass is 16.3. The standard InChI is InChI=1S/C8H14N2O/c1-7(6-11)10-5-8-2-3-9-4-8/h2-4,7,9-11H,5-6H2,1H3/t7-/m1/s1. The number of rotatable bonds is 4. The average molecular weight is 154 g/mol. The third-order valence-corrected chi connectivity index (χ3v) is 1.59. The molecule has 0 fully saturated rings. The Hall–Kier alpha value is -0.800. The van der Waals surface area contributed by atoms with Gasteiger partial charge in [0.25, 0.3) is 0 Å². The molecule has 11 heavy (non-hydrogen) atoms. The molecule has 0 aliphatic heterocycles. The van der Waals surface area contributed by atoms with E-state index in [1.807, 2.05) is 25.4 Å². The molecule has 3 N–H and O–H groups in total. The summed E-state index contributed by atoms with van der Waals surface area (Å²) in [5.74, 6) is 0. The molecule has 0 saturated heterocycles. The molecule has 1 aromatic heterocycles. The van der Waals surface area contributed by atoms with E-state index in [1.54, 1.807) is 0 Å². The smallest absolute Gasteiger partial charge is 0.0582 e. The van der Waals surface area contributed by atoms with Crippen molar-refractivity contribution in [1.82, 2.24) is 10.3 Å². The Morgan fingerprint density at radius 2 is 2.55 bits per heavy atom. The second kappa shape index (κ2) is 4.16. The molecule has 1 rings (SSSR count). The minimum absolute atomic E-state index is 0.171. The van der Waals surface area contributed by atoms with Crippen molar-refractivity contribution in [3.8, 4) is 0 Å². The van der Waals surface area contributed by atoms with E-state index in [9.17, 15) is 0 Å². The Bertz CT molecular complexity index is 184. The first-order valence-corrected chi connectivity index (χ1v) is 3.79. The molecule has 0 aliphatic carbocycles. The Morgan fingerprint density at radius 1 is 1.73 bits per heavy atom. The number of hydrogen-bond acceptors (Lipinski definition) is 2. The van der Waals surface area contributed by atoms with E-state index >= 15 is 0 Å². The Morgan fingerprint density at radius 3 is 3.09 bits per heavy atom. The van der Waals surface area contributed by atoms with Crippen LogP contribution in [-0.2, 0) is 6.54 Å². The molecule has 0 unspecified atom stereocenters. The lowest BCUT2D eigenvalue weighted by Gasteiger charge is -2.08. The molecule has 0 aliphatic rings. The molecule has 0 aromatic carbocycles. The number of hydrogen-bond donors (Lipinski definition) is 3. The lowest BCUT2D eigenvalue weighted by Crippen LogP contribution is -2.28. The van der Waals surface area contributed by atoms with Crippen LogP contribution >= 0.6 is 0 Å². The predicted molar refractivity (Wildman–Crippen MR) is 44.2 cm³/mol. The third-order valence-electron chi connectivity index (χ3n) is 1.59. The Kier molecular flexibility index (Phi) is 3.14. The molecule has 1 atom stereocenters. The molecular formula is C8H14N2O. The molecule has 0 amide bonds. The summed E-state index contributed by atoms with van der Waals surface area (Å²) < 4.78 is 0. The Balaban J connectivity index is 2.23. The van der Waals surface area contributed by atoms with Gasteiger partial charge in [-0.05, 0) is 18.6 Å². The first-order valence-electron chi connectivity index (χ1n) is 3.79. The largest absolute Gasteiger partial charge is 0.395 e. The molecule has 3 heteroatoms. The van der Waals surface area contributed by atoms with Crippen LogP contribution in [0, 0.1) is 0 Å². The molecule has 0 radical (unpaired) electrons. The molecule has 0 saturated carbocycles. The maximum absolute atomic E-state index is 8.69. The van der Waals surface area contributed by atoms with Crippen molar-refractivity contribution in [1.29, 1.82) is 0 Å². The van der Waals surface area contributed by atoms with Crippen LogP contribution in [0.3, 0.4) is 0 Å². The second-order valence-electron chi connectivity index (χ2n) is 2.68. The van der Waals surface area contributed by atoms with Crippen molar-refractivity contribution in [3.63, 3.8) is 0 Å². The van der Waals surface area contributed by atoms with Gasteiger partial charge in [-0.2, -0.15) is 0 Å².